The summed E-state index contributed by atoms with van der Waals surface area (Å²) >= 11 is 0. The molecule has 1 aromatic heterocycles. The highest BCUT2D eigenvalue weighted by Gasteiger charge is 2.39. The van der Waals surface area contributed by atoms with E-state index in [0.717, 1.165) is 14.5 Å². The molecule has 0 saturated carbocycles. The highest BCUT2D eigenvalue weighted by atomic mass is 32.2. The lowest BCUT2D eigenvalue weighted by Gasteiger charge is -2.14. The number of carboxylic acids is 1. The normalized spacial score (nSPS) is 17.0. The van der Waals surface area contributed by atoms with Gasteiger partial charge in [-0.3, -0.25) is 9.59 Å². The van der Waals surface area contributed by atoms with Crippen LogP contribution in [-0.4, -0.2) is 35.1 Å². The molecule has 1 aliphatic heterocycles. The molecule has 0 bridgehead atoms. The first kappa shape index (κ1) is 18.9. The number of aliphatic carboxylic acids is 1. The van der Waals surface area contributed by atoms with E-state index in [1.54, 1.807) is 30.3 Å². The molecule has 29 heavy (non-hydrogen) atoms. The molecule has 148 valence electrons. The summed E-state index contributed by atoms with van der Waals surface area (Å²) in [5.74, 6) is -3.30. The number of hydrogen-bond donors (Lipinski definition) is 1. The van der Waals surface area contributed by atoms with Gasteiger partial charge in [-0.2, -0.15) is 10.1 Å². The van der Waals surface area contributed by atoms with Crippen LogP contribution in [-0.2, 0) is 19.6 Å². The van der Waals surface area contributed by atoms with E-state index in [1.807, 2.05) is 6.92 Å². The van der Waals surface area contributed by atoms with Crippen LogP contribution < -0.4 is 5.01 Å². The van der Waals surface area contributed by atoms with Gasteiger partial charge in [0.25, 0.3) is 15.9 Å². The summed E-state index contributed by atoms with van der Waals surface area (Å²) in [5.41, 5.74) is 1.77. The SMILES string of the molecule is CC1=NN(c2ccc3ccn(S(=O)(=O)c4ccc(C)cc4)c3c2)C(=O)C1C(=O)O. The lowest BCUT2D eigenvalue weighted by Crippen LogP contribution is -2.32. The molecule has 1 atom stereocenters. The summed E-state index contributed by atoms with van der Waals surface area (Å²) in [5, 5.41) is 15.0. The van der Waals surface area contributed by atoms with Gasteiger partial charge in [0.05, 0.1) is 21.8 Å². The molecule has 0 aliphatic carbocycles. The van der Waals surface area contributed by atoms with E-state index in [0.29, 0.717) is 16.6 Å². The second-order valence-electron chi connectivity index (χ2n) is 6.84. The van der Waals surface area contributed by atoms with Gasteiger partial charge in [-0.1, -0.05) is 23.8 Å². The zero-order valence-corrected chi connectivity index (χ0v) is 16.4. The Kier molecular flexibility index (Phi) is 4.27. The van der Waals surface area contributed by atoms with Crippen molar-refractivity contribution in [1.29, 1.82) is 0 Å². The fourth-order valence-corrected chi connectivity index (χ4v) is 4.64. The van der Waals surface area contributed by atoms with Crippen molar-refractivity contribution in [2.45, 2.75) is 18.7 Å². The maximum absolute atomic E-state index is 13.1. The van der Waals surface area contributed by atoms with Crippen molar-refractivity contribution in [2.24, 2.45) is 11.0 Å². The zero-order valence-electron chi connectivity index (χ0n) is 15.6. The Hall–Kier alpha value is -3.46. The van der Waals surface area contributed by atoms with Crippen LogP contribution in [0.4, 0.5) is 5.69 Å². The summed E-state index contributed by atoms with van der Waals surface area (Å²) in [4.78, 5) is 23.9. The standard InChI is InChI=1S/C20H17N3O5S/c1-12-3-7-16(8-4-12)29(27,28)22-10-9-14-5-6-15(11-17(14)22)23-19(24)18(20(25)26)13(2)21-23/h3-11,18H,1-2H3,(H,25,26). The second kappa shape index (κ2) is 6.56. The van der Waals surface area contributed by atoms with E-state index < -0.39 is 27.8 Å². The van der Waals surface area contributed by atoms with Crippen LogP contribution >= 0.6 is 0 Å². The fourth-order valence-electron chi connectivity index (χ4n) is 3.29. The molecule has 2 heterocycles. The largest absolute Gasteiger partial charge is 0.480 e. The molecule has 0 saturated heterocycles. The number of anilines is 1. The van der Waals surface area contributed by atoms with Gasteiger partial charge in [0.15, 0.2) is 5.92 Å². The van der Waals surface area contributed by atoms with Crippen molar-refractivity contribution < 1.29 is 23.1 Å². The van der Waals surface area contributed by atoms with E-state index in [4.69, 9.17) is 0 Å². The molecule has 1 N–H and O–H groups in total. The molecule has 1 unspecified atom stereocenters. The summed E-state index contributed by atoms with van der Waals surface area (Å²) in [6.45, 7) is 3.34. The van der Waals surface area contributed by atoms with Gasteiger partial charge in [-0.15, -0.1) is 0 Å². The molecule has 8 nitrogen and oxygen atoms in total. The minimum absolute atomic E-state index is 0.142. The van der Waals surface area contributed by atoms with Crippen LogP contribution in [0.25, 0.3) is 10.9 Å². The average molecular weight is 411 g/mol. The maximum atomic E-state index is 13.1. The number of amides is 1. The van der Waals surface area contributed by atoms with Crippen molar-refractivity contribution in [2.75, 3.05) is 5.01 Å². The molecule has 0 spiro atoms. The van der Waals surface area contributed by atoms with Crippen LogP contribution in [0.5, 0.6) is 0 Å². The molecule has 2 aromatic carbocycles. The monoisotopic (exact) mass is 411 g/mol. The van der Waals surface area contributed by atoms with Gasteiger partial charge >= 0.3 is 5.97 Å². The Morgan fingerprint density at radius 2 is 1.76 bits per heavy atom. The number of carbonyl (C=O) groups excluding carboxylic acids is 1. The number of carbonyl (C=O) groups is 2. The Bertz CT molecular complexity index is 1290. The van der Waals surface area contributed by atoms with Crippen LogP contribution in [0.15, 0.2) is 64.7 Å². The second-order valence-corrected chi connectivity index (χ2v) is 8.65. The Morgan fingerprint density at radius 1 is 1.07 bits per heavy atom. The van der Waals surface area contributed by atoms with Gasteiger partial charge in [-0.25, -0.2) is 12.4 Å². The van der Waals surface area contributed by atoms with Crippen LogP contribution in [0.3, 0.4) is 0 Å². The number of aryl methyl sites for hydroxylation is 1. The number of rotatable bonds is 4. The van der Waals surface area contributed by atoms with Gasteiger partial charge in [0, 0.05) is 11.6 Å². The number of benzene rings is 2. The fraction of sp³-hybridized carbons (Fsp3) is 0.150. The number of nitrogens with zero attached hydrogens (tertiary/aromatic N) is 3. The van der Waals surface area contributed by atoms with Crippen molar-refractivity contribution in [1.82, 2.24) is 3.97 Å². The minimum Gasteiger partial charge on any atom is -0.480 e. The summed E-state index contributed by atoms with van der Waals surface area (Å²) in [7, 11) is -3.84. The molecule has 3 aromatic rings. The Balaban J connectivity index is 1.81. The van der Waals surface area contributed by atoms with Crippen LogP contribution in [0.2, 0.25) is 0 Å². The molecular formula is C20H17N3O5S. The molecule has 0 radical (unpaired) electrons. The topological polar surface area (TPSA) is 109 Å². The van der Waals surface area contributed by atoms with E-state index in [1.165, 1.54) is 31.3 Å². The quantitative estimate of drug-likeness (QED) is 0.664. The van der Waals surface area contributed by atoms with Crippen molar-refractivity contribution >= 4 is 44.2 Å². The van der Waals surface area contributed by atoms with E-state index in [2.05, 4.69) is 5.10 Å². The van der Waals surface area contributed by atoms with E-state index >= 15 is 0 Å². The van der Waals surface area contributed by atoms with Gasteiger partial charge < -0.3 is 5.11 Å². The molecule has 1 amide bonds. The van der Waals surface area contributed by atoms with E-state index in [9.17, 15) is 23.1 Å². The maximum Gasteiger partial charge on any atom is 0.322 e. The van der Waals surface area contributed by atoms with Gasteiger partial charge in [0.2, 0.25) is 0 Å². The smallest absolute Gasteiger partial charge is 0.322 e. The molecule has 1 aliphatic rings. The molecule has 4 rings (SSSR count). The minimum atomic E-state index is -3.84. The van der Waals surface area contributed by atoms with Crippen molar-refractivity contribution in [3.05, 3.63) is 60.3 Å². The number of carboxylic acid groups (broad SMARTS) is 1. The first-order valence-electron chi connectivity index (χ1n) is 8.75. The van der Waals surface area contributed by atoms with E-state index in [-0.39, 0.29) is 10.6 Å². The first-order valence-corrected chi connectivity index (χ1v) is 10.2. The summed E-state index contributed by atoms with van der Waals surface area (Å²) in [6.07, 6.45) is 1.45. The summed E-state index contributed by atoms with van der Waals surface area (Å²) < 4.78 is 27.3. The predicted octanol–water partition coefficient (Wildman–Crippen LogP) is 2.61. The van der Waals surface area contributed by atoms with Crippen LogP contribution in [0, 0.1) is 12.8 Å². The van der Waals surface area contributed by atoms with Gasteiger partial charge in [-0.05, 0) is 44.2 Å². The highest BCUT2D eigenvalue weighted by Crippen LogP contribution is 2.30. The highest BCUT2D eigenvalue weighted by molar-refractivity contribution is 7.90. The lowest BCUT2D eigenvalue weighted by molar-refractivity contribution is -0.142. The van der Waals surface area contributed by atoms with Crippen molar-refractivity contribution in [3.63, 3.8) is 0 Å². The number of aromatic nitrogens is 1. The number of hydrogen-bond acceptors (Lipinski definition) is 5. The number of fused-ring (bicyclic) bond motifs is 1. The lowest BCUT2D eigenvalue weighted by atomic mass is 10.1. The molecule has 0 fully saturated rings. The van der Waals surface area contributed by atoms with Crippen LogP contribution in [0.1, 0.15) is 12.5 Å². The first-order chi connectivity index (χ1) is 13.7. The predicted molar refractivity (Wildman–Crippen MR) is 107 cm³/mol. The number of hydrazone groups is 1. The van der Waals surface area contributed by atoms with Crippen molar-refractivity contribution in [3.8, 4) is 0 Å². The third-order valence-electron chi connectivity index (χ3n) is 4.84. The summed E-state index contributed by atoms with van der Waals surface area (Å²) in [6, 6.07) is 12.9. The zero-order chi connectivity index (χ0) is 20.9. The molecular weight excluding hydrogens is 394 g/mol. The average Bonchev–Trinajstić information content (AvgIpc) is 3.22. The third-order valence-corrected chi connectivity index (χ3v) is 6.55. The third kappa shape index (κ3) is 2.99. The Labute approximate surface area is 166 Å². The van der Waals surface area contributed by atoms with Gasteiger partial charge in [0.1, 0.15) is 0 Å². The molecule has 9 heteroatoms. The Morgan fingerprint density at radius 3 is 2.38 bits per heavy atom.